The fraction of sp³-hybridized carbons (Fsp3) is 0.467. The van der Waals surface area contributed by atoms with Gasteiger partial charge >= 0.3 is 5.97 Å². The van der Waals surface area contributed by atoms with Crippen LogP contribution in [0, 0.1) is 5.82 Å². The van der Waals surface area contributed by atoms with Gasteiger partial charge in [0.15, 0.2) is 0 Å². The predicted molar refractivity (Wildman–Crippen MR) is 86.9 cm³/mol. The number of hydrogen-bond donors (Lipinski definition) is 1. The Labute approximate surface area is 138 Å². The number of ether oxygens (including phenoxy) is 1. The van der Waals surface area contributed by atoms with Gasteiger partial charge in [-0.3, -0.25) is 9.59 Å². The Hall–Kier alpha value is -1.27. The number of thioether (sulfide) groups is 1. The molecule has 0 spiro atoms. The number of hydrogen-bond acceptors (Lipinski definition) is 4. The number of carbonyl (C=O) groups is 2. The lowest BCUT2D eigenvalue weighted by molar-refractivity contribution is -0.153. The number of carbonyl (C=O) groups excluding carboxylic acids is 2. The van der Waals surface area contributed by atoms with Crippen LogP contribution in [-0.4, -0.2) is 22.7 Å². The molecule has 1 amide bonds. The molecule has 0 saturated carbocycles. The van der Waals surface area contributed by atoms with Crippen LogP contribution in [0.15, 0.2) is 17.0 Å². The first kappa shape index (κ1) is 18.8. The number of amides is 1. The first-order valence-corrected chi connectivity index (χ1v) is 7.91. The number of rotatable bonds is 4. The summed E-state index contributed by atoms with van der Waals surface area (Å²) in [6.07, 6.45) is 0. The van der Waals surface area contributed by atoms with Crippen molar-refractivity contribution in [2.75, 3.05) is 5.32 Å². The molecule has 1 N–H and O–H groups in total. The van der Waals surface area contributed by atoms with Gasteiger partial charge in [0.2, 0.25) is 5.91 Å². The Kier molecular flexibility index (Phi) is 6.26. The zero-order valence-electron chi connectivity index (χ0n) is 13.1. The van der Waals surface area contributed by atoms with E-state index in [-0.39, 0.29) is 16.7 Å². The second-order valence-corrected chi connectivity index (χ2v) is 7.53. The molecule has 0 aliphatic heterocycles. The summed E-state index contributed by atoms with van der Waals surface area (Å²) in [6, 6.07) is 2.52. The summed E-state index contributed by atoms with van der Waals surface area (Å²) in [5.74, 6) is -1.41. The van der Waals surface area contributed by atoms with E-state index < -0.39 is 22.6 Å². The number of esters is 1. The summed E-state index contributed by atoms with van der Waals surface area (Å²) in [6.45, 7) is 8.30. The first-order chi connectivity index (χ1) is 9.99. The summed E-state index contributed by atoms with van der Waals surface area (Å²) < 4.78 is 19.0. The second kappa shape index (κ2) is 7.33. The average molecular weight is 348 g/mol. The van der Waals surface area contributed by atoms with Gasteiger partial charge in [0, 0.05) is 11.8 Å². The fourth-order valence-corrected chi connectivity index (χ4v) is 2.69. The van der Waals surface area contributed by atoms with Crippen molar-refractivity contribution >= 4 is 40.9 Å². The predicted octanol–water partition coefficient (Wildman–Crippen LogP) is 4.26. The molecule has 0 radical (unpaired) electrons. The van der Waals surface area contributed by atoms with Crippen LogP contribution in [0.2, 0.25) is 5.02 Å². The molecular formula is C15H19ClFNO3S. The Morgan fingerprint density at radius 1 is 1.36 bits per heavy atom. The molecule has 122 valence electrons. The van der Waals surface area contributed by atoms with Gasteiger partial charge in [-0.1, -0.05) is 11.6 Å². The average Bonchev–Trinajstić information content (AvgIpc) is 2.32. The number of halogens is 2. The second-order valence-electron chi connectivity index (χ2n) is 5.74. The third kappa shape index (κ3) is 5.85. The van der Waals surface area contributed by atoms with E-state index in [9.17, 15) is 14.0 Å². The van der Waals surface area contributed by atoms with E-state index in [1.807, 2.05) is 0 Å². The molecule has 0 bridgehead atoms. The summed E-state index contributed by atoms with van der Waals surface area (Å²) in [4.78, 5) is 23.5. The number of benzene rings is 1. The van der Waals surface area contributed by atoms with Gasteiger partial charge in [-0.2, -0.15) is 0 Å². The Bertz CT molecular complexity index is 587. The lowest BCUT2D eigenvalue weighted by Gasteiger charge is -2.22. The monoisotopic (exact) mass is 347 g/mol. The molecule has 0 saturated heterocycles. The molecule has 22 heavy (non-hydrogen) atoms. The molecule has 1 aromatic rings. The molecule has 1 rings (SSSR count). The maximum atomic E-state index is 13.7. The molecule has 0 aromatic heterocycles. The fourth-order valence-electron chi connectivity index (χ4n) is 1.53. The summed E-state index contributed by atoms with van der Waals surface area (Å²) in [5.41, 5.74) is -0.560. The Morgan fingerprint density at radius 2 is 1.95 bits per heavy atom. The van der Waals surface area contributed by atoms with Crippen LogP contribution in [-0.2, 0) is 14.3 Å². The van der Waals surface area contributed by atoms with Gasteiger partial charge in [0.1, 0.15) is 16.7 Å². The largest absolute Gasteiger partial charge is 0.459 e. The molecule has 0 aliphatic carbocycles. The van der Waals surface area contributed by atoms with Crippen molar-refractivity contribution in [2.45, 2.75) is 50.4 Å². The SMILES string of the molecule is CC(=O)Nc1cc(SC(C)C(=O)OC(C)(C)C)c(Cl)cc1F. The Balaban J connectivity index is 2.92. The van der Waals surface area contributed by atoms with E-state index in [0.717, 1.165) is 17.8 Å². The smallest absolute Gasteiger partial charge is 0.319 e. The lowest BCUT2D eigenvalue weighted by Crippen LogP contribution is -2.28. The van der Waals surface area contributed by atoms with Crippen LogP contribution < -0.4 is 5.32 Å². The van der Waals surface area contributed by atoms with Crippen LogP contribution in [0.5, 0.6) is 0 Å². The van der Waals surface area contributed by atoms with Crippen LogP contribution >= 0.6 is 23.4 Å². The minimum Gasteiger partial charge on any atom is -0.459 e. The van der Waals surface area contributed by atoms with Crippen molar-refractivity contribution in [1.29, 1.82) is 0 Å². The molecule has 0 fully saturated rings. The summed E-state index contributed by atoms with van der Waals surface area (Å²) >= 11 is 7.14. The third-order valence-corrected chi connectivity index (χ3v) is 3.94. The van der Waals surface area contributed by atoms with E-state index in [0.29, 0.717) is 4.90 Å². The molecule has 4 nitrogen and oxygen atoms in total. The van der Waals surface area contributed by atoms with Gasteiger partial charge in [0.05, 0.1) is 10.7 Å². The van der Waals surface area contributed by atoms with E-state index in [1.165, 1.54) is 13.0 Å². The highest BCUT2D eigenvalue weighted by atomic mass is 35.5. The van der Waals surface area contributed by atoms with Crippen LogP contribution in [0.4, 0.5) is 10.1 Å². The van der Waals surface area contributed by atoms with Crippen LogP contribution in [0.25, 0.3) is 0 Å². The minimum absolute atomic E-state index is 0.0239. The van der Waals surface area contributed by atoms with Gasteiger partial charge in [-0.25, -0.2) is 4.39 Å². The topological polar surface area (TPSA) is 55.4 Å². The third-order valence-electron chi connectivity index (χ3n) is 2.37. The van der Waals surface area contributed by atoms with Crippen molar-refractivity contribution in [3.63, 3.8) is 0 Å². The maximum absolute atomic E-state index is 13.7. The minimum atomic E-state index is -0.630. The zero-order chi connectivity index (χ0) is 17.1. The molecule has 0 heterocycles. The van der Waals surface area contributed by atoms with E-state index >= 15 is 0 Å². The standard InChI is InChI=1S/C15H19ClFNO3S/c1-8(14(20)21-15(3,4)5)22-13-7-12(18-9(2)19)11(17)6-10(13)16/h6-8H,1-5H3,(H,18,19). The highest BCUT2D eigenvalue weighted by Gasteiger charge is 2.23. The Morgan fingerprint density at radius 3 is 2.45 bits per heavy atom. The summed E-state index contributed by atoms with van der Waals surface area (Å²) in [7, 11) is 0. The van der Waals surface area contributed by atoms with Crippen LogP contribution in [0.1, 0.15) is 34.6 Å². The maximum Gasteiger partial charge on any atom is 0.319 e. The highest BCUT2D eigenvalue weighted by molar-refractivity contribution is 8.00. The first-order valence-electron chi connectivity index (χ1n) is 6.66. The zero-order valence-corrected chi connectivity index (χ0v) is 14.7. The summed E-state index contributed by atoms with van der Waals surface area (Å²) in [5, 5.41) is 2.03. The van der Waals surface area contributed by atoms with E-state index in [1.54, 1.807) is 27.7 Å². The molecule has 7 heteroatoms. The molecule has 0 aliphatic rings. The van der Waals surface area contributed by atoms with Crippen molar-refractivity contribution in [3.8, 4) is 0 Å². The van der Waals surface area contributed by atoms with Crippen molar-refractivity contribution in [3.05, 3.63) is 23.0 Å². The van der Waals surface area contributed by atoms with Gasteiger partial charge in [0.25, 0.3) is 0 Å². The normalized spacial score (nSPS) is 12.7. The van der Waals surface area contributed by atoms with Crippen molar-refractivity contribution < 1.29 is 18.7 Å². The van der Waals surface area contributed by atoms with Gasteiger partial charge in [-0.15, -0.1) is 11.8 Å². The van der Waals surface area contributed by atoms with Crippen LogP contribution in [0.3, 0.4) is 0 Å². The van der Waals surface area contributed by atoms with Crippen molar-refractivity contribution in [1.82, 2.24) is 0 Å². The highest BCUT2D eigenvalue weighted by Crippen LogP contribution is 2.35. The van der Waals surface area contributed by atoms with Crippen molar-refractivity contribution in [2.24, 2.45) is 0 Å². The molecule has 1 aromatic carbocycles. The van der Waals surface area contributed by atoms with Gasteiger partial charge < -0.3 is 10.1 Å². The van der Waals surface area contributed by atoms with Gasteiger partial charge in [-0.05, 0) is 39.8 Å². The quantitative estimate of drug-likeness (QED) is 0.653. The van der Waals surface area contributed by atoms with E-state index in [4.69, 9.17) is 16.3 Å². The van der Waals surface area contributed by atoms with E-state index in [2.05, 4.69) is 5.32 Å². The lowest BCUT2D eigenvalue weighted by atomic mass is 10.2. The molecule has 1 unspecified atom stereocenters. The number of anilines is 1. The molecular weight excluding hydrogens is 329 g/mol. The molecule has 1 atom stereocenters. The number of nitrogens with one attached hydrogen (secondary N) is 1.